The molecule has 5 nitrogen and oxygen atoms in total. The first-order chi connectivity index (χ1) is 12.0. The Bertz CT molecular complexity index is 888. The summed E-state index contributed by atoms with van der Waals surface area (Å²) in [4.78, 5) is 21.7. The third-order valence-electron chi connectivity index (χ3n) is 3.61. The monoisotopic (exact) mass is 393 g/mol. The number of halogens is 1. The maximum Gasteiger partial charge on any atom is 0.242 e. The van der Waals surface area contributed by atoms with Crippen LogP contribution < -0.4 is 5.32 Å². The van der Waals surface area contributed by atoms with Gasteiger partial charge in [-0.2, -0.15) is 0 Å². The van der Waals surface area contributed by atoms with E-state index in [1.54, 1.807) is 18.3 Å². The van der Waals surface area contributed by atoms with E-state index < -0.39 is 4.75 Å². The standard InChI is InChI=1S/C17H16ClN3O2S2/c1-17(15(23)20-8-9-22,14-4-2-3-7-19-14)25-16-21-12-10-11(18)5-6-13(12)24-16/h2-7,10,22H,8-9H2,1H3,(H,20,23). The number of thioether (sulfide) groups is 1. The Morgan fingerprint density at radius 1 is 1.40 bits per heavy atom. The van der Waals surface area contributed by atoms with Gasteiger partial charge in [-0.15, -0.1) is 11.3 Å². The number of aliphatic hydroxyl groups is 1. The number of nitrogens with zero attached hydrogens (tertiary/aromatic N) is 2. The highest BCUT2D eigenvalue weighted by Crippen LogP contribution is 2.43. The zero-order chi connectivity index (χ0) is 17.9. The minimum absolute atomic E-state index is 0.117. The Morgan fingerprint density at radius 3 is 2.96 bits per heavy atom. The lowest BCUT2D eigenvalue weighted by Crippen LogP contribution is -2.41. The van der Waals surface area contributed by atoms with Crippen molar-refractivity contribution in [2.24, 2.45) is 0 Å². The van der Waals surface area contributed by atoms with E-state index in [1.165, 1.54) is 23.1 Å². The summed E-state index contributed by atoms with van der Waals surface area (Å²) in [5.74, 6) is -0.220. The van der Waals surface area contributed by atoms with Crippen molar-refractivity contribution in [3.8, 4) is 0 Å². The van der Waals surface area contributed by atoms with Gasteiger partial charge in [0.1, 0.15) is 4.75 Å². The van der Waals surface area contributed by atoms with Gasteiger partial charge < -0.3 is 10.4 Å². The smallest absolute Gasteiger partial charge is 0.242 e. The lowest BCUT2D eigenvalue weighted by Gasteiger charge is -2.26. The highest BCUT2D eigenvalue weighted by Gasteiger charge is 2.38. The number of carbonyl (C=O) groups excluding carboxylic acids is 1. The fraction of sp³-hybridized carbons (Fsp3) is 0.235. The van der Waals surface area contributed by atoms with Gasteiger partial charge in [-0.25, -0.2) is 4.98 Å². The second-order valence-electron chi connectivity index (χ2n) is 5.42. The number of aromatic nitrogens is 2. The van der Waals surface area contributed by atoms with Gasteiger partial charge in [-0.3, -0.25) is 9.78 Å². The summed E-state index contributed by atoms with van der Waals surface area (Å²) < 4.78 is 0.796. The fourth-order valence-electron chi connectivity index (χ4n) is 2.30. The molecule has 2 heterocycles. The van der Waals surface area contributed by atoms with Gasteiger partial charge in [0.2, 0.25) is 5.91 Å². The number of carbonyl (C=O) groups is 1. The van der Waals surface area contributed by atoms with Gasteiger partial charge in [0.05, 0.1) is 22.5 Å². The van der Waals surface area contributed by atoms with Gasteiger partial charge in [-0.05, 0) is 37.3 Å². The van der Waals surface area contributed by atoms with Crippen LogP contribution in [0.4, 0.5) is 0 Å². The molecule has 0 bridgehead atoms. The molecule has 0 radical (unpaired) electrons. The lowest BCUT2D eigenvalue weighted by molar-refractivity contribution is -0.123. The number of benzene rings is 1. The second kappa shape index (κ2) is 7.70. The summed E-state index contributed by atoms with van der Waals surface area (Å²) in [6.07, 6.45) is 1.66. The SMILES string of the molecule is CC(Sc1nc2cc(Cl)ccc2s1)(C(=O)NCCO)c1ccccn1. The molecule has 130 valence electrons. The second-order valence-corrected chi connectivity index (χ2v) is 8.55. The van der Waals surface area contributed by atoms with Crippen LogP contribution in [0.25, 0.3) is 10.2 Å². The normalized spacial score (nSPS) is 13.6. The third kappa shape index (κ3) is 3.95. The predicted octanol–water partition coefficient (Wildman–Crippen LogP) is 3.46. The molecule has 1 amide bonds. The summed E-state index contributed by atoms with van der Waals surface area (Å²) in [5, 5.41) is 12.4. The molecule has 2 N–H and O–H groups in total. The van der Waals surface area contributed by atoms with Crippen LogP contribution in [-0.2, 0) is 9.54 Å². The van der Waals surface area contributed by atoms with Crippen molar-refractivity contribution in [1.29, 1.82) is 0 Å². The topological polar surface area (TPSA) is 75.1 Å². The van der Waals surface area contributed by atoms with E-state index in [9.17, 15) is 4.79 Å². The fourth-order valence-corrected chi connectivity index (χ4v) is 4.96. The van der Waals surface area contributed by atoms with Gasteiger partial charge in [0, 0.05) is 17.8 Å². The van der Waals surface area contributed by atoms with Crippen LogP contribution in [0.3, 0.4) is 0 Å². The average Bonchev–Trinajstić information content (AvgIpc) is 3.01. The third-order valence-corrected chi connectivity index (χ3v) is 6.24. The van der Waals surface area contributed by atoms with Crippen LogP contribution in [0.5, 0.6) is 0 Å². The highest BCUT2D eigenvalue weighted by atomic mass is 35.5. The molecule has 0 saturated heterocycles. The first kappa shape index (κ1) is 18.1. The minimum atomic E-state index is -0.964. The van der Waals surface area contributed by atoms with Crippen LogP contribution in [0.15, 0.2) is 46.9 Å². The van der Waals surface area contributed by atoms with Crippen molar-refractivity contribution in [3.05, 3.63) is 53.3 Å². The molecule has 25 heavy (non-hydrogen) atoms. The van der Waals surface area contributed by atoms with Crippen LogP contribution in [-0.4, -0.2) is 34.1 Å². The molecule has 3 aromatic rings. The van der Waals surface area contributed by atoms with Crippen LogP contribution in [0, 0.1) is 0 Å². The molecule has 0 aliphatic heterocycles. The van der Waals surface area contributed by atoms with Crippen molar-refractivity contribution in [1.82, 2.24) is 15.3 Å². The molecular formula is C17H16ClN3O2S2. The van der Waals surface area contributed by atoms with Gasteiger partial charge in [-0.1, -0.05) is 29.4 Å². The maximum atomic E-state index is 12.8. The van der Waals surface area contributed by atoms with E-state index in [2.05, 4.69) is 15.3 Å². The Morgan fingerprint density at radius 2 is 2.24 bits per heavy atom. The summed E-state index contributed by atoms with van der Waals surface area (Å²) >= 11 is 8.87. The molecule has 8 heteroatoms. The van der Waals surface area contributed by atoms with E-state index in [4.69, 9.17) is 16.7 Å². The van der Waals surface area contributed by atoms with Gasteiger partial charge in [0.25, 0.3) is 0 Å². The largest absolute Gasteiger partial charge is 0.395 e. The van der Waals surface area contributed by atoms with Crippen molar-refractivity contribution in [2.75, 3.05) is 13.2 Å². The Hall–Kier alpha value is -1.67. The molecule has 3 rings (SSSR count). The molecule has 2 aromatic heterocycles. The van der Waals surface area contributed by atoms with Crippen molar-refractivity contribution in [2.45, 2.75) is 16.0 Å². The van der Waals surface area contributed by atoms with E-state index >= 15 is 0 Å². The number of hydrogen-bond acceptors (Lipinski definition) is 6. The van der Waals surface area contributed by atoms with E-state index in [-0.39, 0.29) is 19.1 Å². The molecule has 0 aliphatic rings. The zero-order valence-corrected chi connectivity index (χ0v) is 15.8. The average molecular weight is 394 g/mol. The van der Waals surface area contributed by atoms with Crippen molar-refractivity contribution < 1.29 is 9.90 Å². The number of fused-ring (bicyclic) bond motifs is 1. The number of nitrogens with one attached hydrogen (secondary N) is 1. The summed E-state index contributed by atoms with van der Waals surface area (Å²) in [7, 11) is 0. The molecular weight excluding hydrogens is 378 g/mol. The zero-order valence-electron chi connectivity index (χ0n) is 13.4. The Balaban J connectivity index is 1.97. The van der Waals surface area contributed by atoms with Crippen LogP contribution in [0.2, 0.25) is 5.02 Å². The maximum absolute atomic E-state index is 12.8. The molecule has 1 aromatic carbocycles. The van der Waals surface area contributed by atoms with E-state index in [0.717, 1.165) is 14.6 Å². The number of pyridine rings is 1. The van der Waals surface area contributed by atoms with Gasteiger partial charge >= 0.3 is 0 Å². The minimum Gasteiger partial charge on any atom is -0.395 e. The van der Waals surface area contributed by atoms with Crippen LogP contribution >= 0.6 is 34.7 Å². The molecule has 0 fully saturated rings. The number of thiazole rings is 1. The number of rotatable bonds is 6. The van der Waals surface area contributed by atoms with Crippen LogP contribution in [0.1, 0.15) is 12.6 Å². The Kier molecular flexibility index (Phi) is 5.58. The van der Waals surface area contributed by atoms with Crippen molar-refractivity contribution in [3.63, 3.8) is 0 Å². The first-order valence-corrected chi connectivity index (χ1v) is 9.60. The first-order valence-electron chi connectivity index (χ1n) is 7.59. The van der Waals surface area contributed by atoms with Crippen molar-refractivity contribution >= 4 is 50.8 Å². The molecule has 0 saturated carbocycles. The summed E-state index contributed by atoms with van der Waals surface area (Å²) in [6, 6.07) is 11.0. The van der Waals surface area contributed by atoms with E-state index in [1.807, 2.05) is 31.2 Å². The molecule has 1 unspecified atom stereocenters. The quantitative estimate of drug-likeness (QED) is 0.627. The van der Waals surface area contributed by atoms with Gasteiger partial charge in [0.15, 0.2) is 4.34 Å². The molecule has 0 aliphatic carbocycles. The lowest BCUT2D eigenvalue weighted by atomic mass is 10.1. The summed E-state index contributed by atoms with van der Waals surface area (Å²) in [6.45, 7) is 1.89. The Labute approximate surface area is 158 Å². The summed E-state index contributed by atoms with van der Waals surface area (Å²) in [5.41, 5.74) is 1.44. The highest BCUT2D eigenvalue weighted by molar-refractivity contribution is 8.02. The molecule has 1 atom stereocenters. The number of aliphatic hydroxyl groups excluding tert-OH is 1. The number of amides is 1. The number of hydrogen-bond donors (Lipinski definition) is 2. The molecule has 0 spiro atoms. The predicted molar refractivity (Wildman–Crippen MR) is 102 cm³/mol. The van der Waals surface area contributed by atoms with E-state index in [0.29, 0.717) is 10.7 Å².